The van der Waals surface area contributed by atoms with E-state index in [4.69, 9.17) is 4.74 Å². The second-order valence-electron chi connectivity index (χ2n) is 5.46. The molecule has 124 valence electrons. The van der Waals surface area contributed by atoms with E-state index in [1.54, 1.807) is 6.07 Å². The van der Waals surface area contributed by atoms with Gasteiger partial charge >= 0.3 is 6.03 Å². The average Bonchev–Trinajstić information content (AvgIpc) is 2.53. The molecule has 2 atom stereocenters. The van der Waals surface area contributed by atoms with E-state index in [-0.39, 0.29) is 5.70 Å². The van der Waals surface area contributed by atoms with E-state index in [1.165, 1.54) is 0 Å². The lowest BCUT2D eigenvalue weighted by Crippen LogP contribution is -2.53. The molecule has 2 N–H and O–H groups in total. The number of amides is 2. The average molecular weight is 327 g/mol. The van der Waals surface area contributed by atoms with E-state index in [0.29, 0.717) is 17.9 Å². The van der Waals surface area contributed by atoms with Crippen molar-refractivity contribution in [2.45, 2.75) is 19.0 Å². The van der Waals surface area contributed by atoms with Crippen LogP contribution >= 0.6 is 0 Å². The number of rotatable bonds is 4. The first-order valence-electron chi connectivity index (χ1n) is 7.57. The zero-order valence-corrected chi connectivity index (χ0v) is 13.1. The molecule has 24 heavy (non-hydrogen) atoms. The number of hydrogen-bond donors (Lipinski definition) is 2. The highest BCUT2D eigenvalue weighted by Crippen LogP contribution is 2.37. The highest BCUT2D eigenvalue weighted by atomic mass is 16.6. The molecule has 0 saturated carbocycles. The number of carbonyl (C=O) groups excluding carboxylic acids is 1. The van der Waals surface area contributed by atoms with Crippen molar-refractivity contribution in [2.24, 2.45) is 0 Å². The molecule has 1 fully saturated rings. The molecule has 1 saturated heterocycles. The molecular formula is C17H17N3O4. The van der Waals surface area contributed by atoms with E-state index < -0.39 is 23.0 Å². The molecule has 1 aliphatic rings. The summed E-state index contributed by atoms with van der Waals surface area (Å²) >= 11 is 0. The van der Waals surface area contributed by atoms with Gasteiger partial charge < -0.3 is 15.4 Å². The van der Waals surface area contributed by atoms with E-state index in [1.807, 2.05) is 37.3 Å². The fraction of sp³-hybridized carbons (Fsp3) is 0.235. The van der Waals surface area contributed by atoms with Gasteiger partial charge in [-0.25, -0.2) is 4.79 Å². The van der Waals surface area contributed by atoms with Crippen molar-refractivity contribution in [3.63, 3.8) is 0 Å². The number of nitro groups is 1. The van der Waals surface area contributed by atoms with Gasteiger partial charge in [-0.2, -0.15) is 0 Å². The minimum Gasteiger partial charge on any atom is -0.493 e. The number of fused-ring (bicyclic) bond motifs is 1. The van der Waals surface area contributed by atoms with Gasteiger partial charge in [-0.15, -0.1) is 0 Å². The molecule has 2 aromatic rings. The Hall–Kier alpha value is -3.09. The van der Waals surface area contributed by atoms with Crippen molar-refractivity contribution in [2.75, 3.05) is 6.61 Å². The Bertz CT molecular complexity index is 834. The Morgan fingerprint density at radius 2 is 2.04 bits per heavy atom. The Labute approximate surface area is 138 Å². The lowest BCUT2D eigenvalue weighted by atomic mass is 9.91. The Morgan fingerprint density at radius 3 is 2.75 bits per heavy atom. The number of urea groups is 1. The van der Waals surface area contributed by atoms with Crippen LogP contribution in [0.3, 0.4) is 0 Å². The maximum absolute atomic E-state index is 11.9. The Balaban J connectivity index is 2.24. The summed E-state index contributed by atoms with van der Waals surface area (Å²) in [5.74, 6) is 0.517. The minimum atomic E-state index is -1.19. The van der Waals surface area contributed by atoms with Gasteiger partial charge in [0.1, 0.15) is 11.8 Å². The molecule has 0 aromatic heterocycles. The van der Waals surface area contributed by atoms with Gasteiger partial charge in [-0.1, -0.05) is 36.9 Å². The molecule has 1 aliphatic heterocycles. The summed E-state index contributed by atoms with van der Waals surface area (Å²) in [5.41, 5.74) is 0.650. The standard InChI is InChI=1S/C17H17N3O4/c1-3-24-13-9-8-11-6-4-5-7-12(11)14(13)15-16(20(22)23)10(2)18-17(21)19-15/h4-9,15-16H,2-3H2,1H3,(H2,18,19,21). The topological polar surface area (TPSA) is 93.5 Å². The zero-order valence-electron chi connectivity index (χ0n) is 13.1. The first-order valence-corrected chi connectivity index (χ1v) is 7.57. The summed E-state index contributed by atoms with van der Waals surface area (Å²) in [7, 11) is 0. The third kappa shape index (κ3) is 2.64. The smallest absolute Gasteiger partial charge is 0.319 e. The fourth-order valence-electron chi connectivity index (χ4n) is 3.03. The molecule has 1 heterocycles. The maximum Gasteiger partial charge on any atom is 0.319 e. The van der Waals surface area contributed by atoms with E-state index in [2.05, 4.69) is 17.2 Å². The first-order chi connectivity index (χ1) is 11.5. The zero-order chi connectivity index (χ0) is 17.3. The number of benzene rings is 2. The van der Waals surface area contributed by atoms with Gasteiger partial charge in [-0.3, -0.25) is 10.1 Å². The predicted octanol–water partition coefficient (Wildman–Crippen LogP) is 2.75. The second kappa shape index (κ2) is 6.19. The number of carbonyl (C=O) groups is 1. The number of hydrogen-bond acceptors (Lipinski definition) is 4. The van der Waals surface area contributed by atoms with Crippen LogP contribution in [0.1, 0.15) is 18.5 Å². The summed E-state index contributed by atoms with van der Waals surface area (Å²) < 4.78 is 5.67. The van der Waals surface area contributed by atoms with Gasteiger partial charge in [0, 0.05) is 10.5 Å². The molecule has 0 aliphatic carbocycles. The van der Waals surface area contributed by atoms with Crippen molar-refractivity contribution >= 4 is 16.8 Å². The number of nitrogens with one attached hydrogen (secondary N) is 2. The molecule has 7 nitrogen and oxygen atoms in total. The maximum atomic E-state index is 11.9. The van der Waals surface area contributed by atoms with Gasteiger partial charge in [0.25, 0.3) is 6.04 Å². The van der Waals surface area contributed by atoms with E-state index >= 15 is 0 Å². The van der Waals surface area contributed by atoms with Gasteiger partial charge in [0.2, 0.25) is 0 Å². The summed E-state index contributed by atoms with van der Waals surface area (Å²) in [5, 5.41) is 18.3. The molecule has 2 aromatic carbocycles. The quantitative estimate of drug-likeness (QED) is 0.667. The third-order valence-electron chi connectivity index (χ3n) is 4.00. The molecule has 2 amide bonds. The minimum absolute atomic E-state index is 0.0594. The normalized spacial score (nSPS) is 20.4. The monoisotopic (exact) mass is 327 g/mol. The summed E-state index contributed by atoms with van der Waals surface area (Å²) in [6.45, 7) is 5.89. The van der Waals surface area contributed by atoms with Crippen LogP contribution in [0, 0.1) is 10.1 Å². The van der Waals surface area contributed by atoms with Crippen molar-refractivity contribution in [3.8, 4) is 5.75 Å². The number of ether oxygens (including phenoxy) is 1. The van der Waals surface area contributed by atoms with Crippen LogP contribution in [0.2, 0.25) is 0 Å². The summed E-state index contributed by atoms with van der Waals surface area (Å²) in [6.07, 6.45) is 0. The first kappa shape index (κ1) is 15.8. The van der Waals surface area contributed by atoms with Crippen LogP contribution in [0.4, 0.5) is 4.79 Å². The summed E-state index contributed by atoms with van der Waals surface area (Å²) in [6, 6.07) is 8.60. The fourth-order valence-corrected chi connectivity index (χ4v) is 3.03. The highest BCUT2D eigenvalue weighted by Gasteiger charge is 2.43. The van der Waals surface area contributed by atoms with E-state index in [0.717, 1.165) is 10.8 Å². The van der Waals surface area contributed by atoms with Gasteiger partial charge in [0.15, 0.2) is 0 Å². The Morgan fingerprint density at radius 1 is 1.29 bits per heavy atom. The van der Waals surface area contributed by atoms with Crippen LogP contribution in [0.25, 0.3) is 10.8 Å². The molecule has 3 rings (SSSR count). The largest absolute Gasteiger partial charge is 0.493 e. The predicted molar refractivity (Wildman–Crippen MR) is 89.4 cm³/mol. The lowest BCUT2D eigenvalue weighted by Gasteiger charge is -2.30. The highest BCUT2D eigenvalue weighted by molar-refractivity contribution is 5.89. The van der Waals surface area contributed by atoms with Crippen molar-refractivity contribution < 1.29 is 14.5 Å². The molecule has 0 bridgehead atoms. The van der Waals surface area contributed by atoms with Crippen molar-refractivity contribution in [1.29, 1.82) is 0 Å². The van der Waals surface area contributed by atoms with Crippen LogP contribution in [0.15, 0.2) is 48.7 Å². The van der Waals surface area contributed by atoms with Crippen LogP contribution in [0.5, 0.6) is 5.75 Å². The Kier molecular flexibility index (Phi) is 4.07. The van der Waals surface area contributed by atoms with Crippen LogP contribution < -0.4 is 15.4 Å². The van der Waals surface area contributed by atoms with Crippen LogP contribution in [-0.4, -0.2) is 23.6 Å². The summed E-state index contributed by atoms with van der Waals surface area (Å²) in [4.78, 5) is 23.0. The lowest BCUT2D eigenvalue weighted by molar-refractivity contribution is -0.518. The SMILES string of the molecule is C=C1NC(=O)NC(c2c(OCC)ccc3ccccc23)C1[N+](=O)[O-]. The van der Waals surface area contributed by atoms with Crippen molar-refractivity contribution in [3.05, 3.63) is 64.4 Å². The second-order valence-corrected chi connectivity index (χ2v) is 5.46. The number of nitrogens with zero attached hydrogens (tertiary/aromatic N) is 1. The molecule has 0 spiro atoms. The van der Waals surface area contributed by atoms with Crippen LogP contribution in [-0.2, 0) is 0 Å². The molecule has 2 unspecified atom stereocenters. The van der Waals surface area contributed by atoms with E-state index in [9.17, 15) is 14.9 Å². The molecular weight excluding hydrogens is 310 g/mol. The van der Waals surface area contributed by atoms with Crippen molar-refractivity contribution in [1.82, 2.24) is 10.6 Å². The molecule has 7 heteroatoms. The van der Waals surface area contributed by atoms with Gasteiger partial charge in [-0.05, 0) is 23.8 Å². The van der Waals surface area contributed by atoms with Gasteiger partial charge in [0.05, 0.1) is 12.3 Å². The molecule has 0 radical (unpaired) electrons. The third-order valence-corrected chi connectivity index (χ3v) is 4.00.